The van der Waals surface area contributed by atoms with Crippen LogP contribution in [-0.4, -0.2) is 9.91 Å². The van der Waals surface area contributed by atoms with E-state index in [2.05, 4.69) is 26.2 Å². The van der Waals surface area contributed by atoms with Crippen molar-refractivity contribution in [2.75, 3.05) is 5.32 Å². The number of hydrogen-bond acceptors (Lipinski definition) is 5. The van der Waals surface area contributed by atoms with E-state index in [1.54, 1.807) is 6.07 Å². The largest absolute Gasteiger partial charge is 0.360 e. The molecule has 7 heteroatoms. The summed E-state index contributed by atoms with van der Waals surface area (Å²) in [6.45, 7) is 0.365. The standard InChI is InChI=1S/C13H9BrN4O2/c14-11-4-2-1-3-10(11)8-17-13-12(18(19)20)9(7-15)5-6-16-13/h1-6H,8H2,(H,16,17). The van der Waals surface area contributed by atoms with Gasteiger partial charge in [-0.3, -0.25) is 10.1 Å². The van der Waals surface area contributed by atoms with Crippen molar-refractivity contribution < 1.29 is 4.92 Å². The molecule has 0 radical (unpaired) electrons. The third-order valence-corrected chi connectivity index (χ3v) is 3.41. The van der Waals surface area contributed by atoms with Crippen LogP contribution < -0.4 is 5.32 Å². The second-order valence-corrected chi connectivity index (χ2v) is 4.72. The number of nitriles is 1. The van der Waals surface area contributed by atoms with Gasteiger partial charge >= 0.3 is 5.69 Å². The molecule has 0 aliphatic rings. The normalized spacial score (nSPS) is 9.80. The van der Waals surface area contributed by atoms with E-state index in [0.29, 0.717) is 6.54 Å². The van der Waals surface area contributed by atoms with Crippen LogP contribution in [0.15, 0.2) is 41.0 Å². The van der Waals surface area contributed by atoms with Gasteiger partial charge in [0, 0.05) is 17.2 Å². The van der Waals surface area contributed by atoms with Gasteiger partial charge in [0.15, 0.2) is 0 Å². The van der Waals surface area contributed by atoms with Gasteiger partial charge in [-0.1, -0.05) is 34.1 Å². The van der Waals surface area contributed by atoms with Crippen LogP contribution in [0.5, 0.6) is 0 Å². The van der Waals surface area contributed by atoms with Gasteiger partial charge in [0.1, 0.15) is 11.6 Å². The van der Waals surface area contributed by atoms with Crippen LogP contribution in [-0.2, 0) is 6.54 Å². The van der Waals surface area contributed by atoms with Gasteiger partial charge in [-0.2, -0.15) is 5.26 Å². The quantitative estimate of drug-likeness (QED) is 0.685. The first-order chi connectivity index (χ1) is 9.63. The Labute approximate surface area is 123 Å². The van der Waals surface area contributed by atoms with Crippen LogP contribution in [0, 0.1) is 21.4 Å². The Morgan fingerprint density at radius 3 is 2.80 bits per heavy atom. The molecule has 0 saturated heterocycles. The maximum atomic E-state index is 11.0. The summed E-state index contributed by atoms with van der Waals surface area (Å²) in [6.07, 6.45) is 1.37. The van der Waals surface area contributed by atoms with Crippen molar-refractivity contribution in [3.05, 3.63) is 62.2 Å². The van der Waals surface area contributed by atoms with Crippen LogP contribution in [0.1, 0.15) is 11.1 Å². The van der Waals surface area contributed by atoms with Gasteiger partial charge in [-0.15, -0.1) is 0 Å². The number of hydrogen-bond donors (Lipinski definition) is 1. The van der Waals surface area contributed by atoms with E-state index in [9.17, 15) is 10.1 Å². The summed E-state index contributed by atoms with van der Waals surface area (Å²) in [6, 6.07) is 10.6. The van der Waals surface area contributed by atoms with E-state index < -0.39 is 4.92 Å². The Bertz CT molecular complexity index is 697. The van der Waals surface area contributed by atoms with Crippen molar-refractivity contribution in [2.24, 2.45) is 0 Å². The summed E-state index contributed by atoms with van der Waals surface area (Å²) < 4.78 is 0.895. The highest BCUT2D eigenvalue weighted by Gasteiger charge is 2.20. The zero-order valence-electron chi connectivity index (χ0n) is 10.2. The van der Waals surface area contributed by atoms with E-state index >= 15 is 0 Å². The zero-order chi connectivity index (χ0) is 14.5. The second-order valence-electron chi connectivity index (χ2n) is 3.87. The number of benzene rings is 1. The minimum Gasteiger partial charge on any atom is -0.360 e. The van der Waals surface area contributed by atoms with Crippen LogP contribution in [0.3, 0.4) is 0 Å². The summed E-state index contributed by atoms with van der Waals surface area (Å²) in [4.78, 5) is 14.4. The molecule has 0 aliphatic carbocycles. The molecular weight excluding hydrogens is 324 g/mol. The summed E-state index contributed by atoms with van der Waals surface area (Å²) in [5, 5.41) is 22.8. The van der Waals surface area contributed by atoms with E-state index in [1.165, 1.54) is 12.3 Å². The molecule has 2 rings (SSSR count). The lowest BCUT2D eigenvalue weighted by atomic mass is 10.2. The SMILES string of the molecule is N#Cc1ccnc(NCc2ccccc2Br)c1[N+](=O)[O-]. The van der Waals surface area contributed by atoms with Crippen molar-refractivity contribution in [3.63, 3.8) is 0 Å². The molecule has 0 bridgehead atoms. The molecule has 0 aliphatic heterocycles. The predicted octanol–water partition coefficient (Wildman–Crippen LogP) is 3.24. The first-order valence-corrected chi connectivity index (χ1v) is 6.43. The number of nitro groups is 1. The predicted molar refractivity (Wildman–Crippen MR) is 77.1 cm³/mol. The molecule has 0 saturated carbocycles. The van der Waals surface area contributed by atoms with Crippen molar-refractivity contribution in [1.82, 2.24) is 4.98 Å². The highest BCUT2D eigenvalue weighted by atomic mass is 79.9. The molecule has 20 heavy (non-hydrogen) atoms. The Balaban J connectivity index is 2.29. The average molecular weight is 333 g/mol. The number of nitrogens with zero attached hydrogens (tertiary/aromatic N) is 3. The highest BCUT2D eigenvalue weighted by molar-refractivity contribution is 9.10. The van der Waals surface area contributed by atoms with Crippen molar-refractivity contribution >= 4 is 27.4 Å². The molecule has 0 atom stereocenters. The third-order valence-electron chi connectivity index (χ3n) is 2.63. The molecule has 1 aromatic heterocycles. The number of halogens is 1. The minimum atomic E-state index is -0.603. The lowest BCUT2D eigenvalue weighted by Gasteiger charge is -2.08. The molecule has 6 nitrogen and oxygen atoms in total. The van der Waals surface area contributed by atoms with Gasteiger partial charge in [0.25, 0.3) is 0 Å². The zero-order valence-corrected chi connectivity index (χ0v) is 11.8. The van der Waals surface area contributed by atoms with Gasteiger partial charge in [-0.25, -0.2) is 4.98 Å². The molecule has 0 spiro atoms. The molecule has 0 fully saturated rings. The number of anilines is 1. The Hall–Kier alpha value is -2.46. The molecule has 1 heterocycles. The smallest absolute Gasteiger partial charge is 0.328 e. The minimum absolute atomic E-state index is 0.0142. The van der Waals surface area contributed by atoms with Crippen LogP contribution in [0.2, 0.25) is 0 Å². The summed E-state index contributed by atoms with van der Waals surface area (Å²) in [7, 11) is 0. The average Bonchev–Trinajstić information content (AvgIpc) is 2.45. The molecule has 0 amide bonds. The summed E-state index contributed by atoms with van der Waals surface area (Å²) >= 11 is 3.40. The summed E-state index contributed by atoms with van der Waals surface area (Å²) in [5.74, 6) is 0.0878. The number of pyridine rings is 1. The molecular formula is C13H9BrN4O2. The van der Waals surface area contributed by atoms with Gasteiger partial charge < -0.3 is 5.32 Å². The van der Waals surface area contributed by atoms with Gasteiger partial charge in [0.2, 0.25) is 5.82 Å². The van der Waals surface area contributed by atoms with Crippen LogP contribution in [0.25, 0.3) is 0 Å². The maximum absolute atomic E-state index is 11.0. The molecule has 100 valence electrons. The molecule has 2 aromatic rings. The molecule has 1 aromatic carbocycles. The number of nitrogens with one attached hydrogen (secondary N) is 1. The lowest BCUT2D eigenvalue weighted by Crippen LogP contribution is -2.06. The van der Waals surface area contributed by atoms with Crippen molar-refractivity contribution in [2.45, 2.75) is 6.54 Å². The monoisotopic (exact) mass is 332 g/mol. The van der Waals surface area contributed by atoms with Crippen molar-refractivity contribution in [1.29, 1.82) is 5.26 Å². The topological polar surface area (TPSA) is 91.8 Å². The maximum Gasteiger partial charge on any atom is 0.328 e. The Kier molecular flexibility index (Phi) is 4.27. The van der Waals surface area contributed by atoms with Gasteiger partial charge in [0.05, 0.1) is 4.92 Å². The summed E-state index contributed by atoms with van der Waals surface area (Å²) in [5.41, 5.74) is 0.618. The van der Waals surface area contributed by atoms with E-state index in [-0.39, 0.29) is 17.1 Å². The molecule has 0 unspecified atom stereocenters. The fraction of sp³-hybridized carbons (Fsp3) is 0.0769. The Morgan fingerprint density at radius 2 is 2.15 bits per heavy atom. The molecule has 1 N–H and O–H groups in total. The van der Waals surface area contributed by atoms with E-state index in [4.69, 9.17) is 5.26 Å². The fourth-order valence-electron chi connectivity index (χ4n) is 1.68. The van der Waals surface area contributed by atoms with Crippen LogP contribution >= 0.6 is 15.9 Å². The number of rotatable bonds is 4. The first kappa shape index (κ1) is 14.0. The van der Waals surface area contributed by atoms with Gasteiger partial charge in [-0.05, 0) is 17.7 Å². The van der Waals surface area contributed by atoms with Crippen LogP contribution in [0.4, 0.5) is 11.5 Å². The van der Waals surface area contributed by atoms with E-state index in [0.717, 1.165) is 10.0 Å². The second kappa shape index (κ2) is 6.12. The van der Waals surface area contributed by atoms with E-state index in [1.807, 2.05) is 24.3 Å². The first-order valence-electron chi connectivity index (χ1n) is 5.64. The highest BCUT2D eigenvalue weighted by Crippen LogP contribution is 2.26. The third kappa shape index (κ3) is 2.92. The Morgan fingerprint density at radius 1 is 1.40 bits per heavy atom. The van der Waals surface area contributed by atoms with Crippen molar-refractivity contribution in [3.8, 4) is 6.07 Å². The lowest BCUT2D eigenvalue weighted by molar-refractivity contribution is -0.384. The fourth-order valence-corrected chi connectivity index (χ4v) is 2.10. The number of aromatic nitrogens is 1.